The van der Waals surface area contributed by atoms with Crippen LogP contribution in [0, 0.1) is 0 Å². The van der Waals surface area contributed by atoms with Crippen LogP contribution in [0.4, 0.5) is 27.5 Å². The third-order valence-corrected chi connectivity index (χ3v) is 10.9. The molecule has 0 radical (unpaired) electrons. The molecule has 56 heavy (non-hydrogen) atoms. The predicted octanol–water partition coefficient (Wildman–Crippen LogP) is 3.26. The number of anilines is 2. The number of sulfonamides is 2. The van der Waals surface area contributed by atoms with E-state index in [1.807, 2.05) is 38.0 Å². The van der Waals surface area contributed by atoms with Crippen LogP contribution in [0.15, 0.2) is 85.7 Å². The number of carbonyl (C=O) groups excluding carboxylic acids is 3. The number of hydrogen-bond acceptors (Lipinski definition) is 14. The number of nitrogens with one attached hydrogen (secondary N) is 4. The van der Waals surface area contributed by atoms with Crippen LogP contribution in [0.5, 0.6) is 0 Å². The van der Waals surface area contributed by atoms with Gasteiger partial charge in [-0.25, -0.2) is 36.1 Å². The van der Waals surface area contributed by atoms with Crippen LogP contribution in [0.25, 0.3) is 0 Å². The van der Waals surface area contributed by atoms with Crippen LogP contribution in [0.2, 0.25) is 10.0 Å². The van der Waals surface area contributed by atoms with E-state index in [2.05, 4.69) is 35.4 Å². The molecule has 0 aliphatic rings. The molecule has 4 N–H and O–H groups in total. The quantitative estimate of drug-likeness (QED) is 0.0557. The molecule has 1 unspecified atom stereocenters. The van der Waals surface area contributed by atoms with Gasteiger partial charge in [0.25, 0.3) is 0 Å². The second-order valence-electron chi connectivity index (χ2n) is 12.7. The number of ketones is 2. The Morgan fingerprint density at radius 3 is 1.79 bits per heavy atom. The Kier molecular flexibility index (Phi) is 16.8. The summed E-state index contributed by atoms with van der Waals surface area (Å²) in [7, 11) is -0.309. The average molecular weight is 855 g/mol. The Morgan fingerprint density at radius 1 is 0.786 bits per heavy atom. The van der Waals surface area contributed by atoms with E-state index in [1.165, 1.54) is 67.6 Å². The van der Waals surface area contributed by atoms with Crippen LogP contribution in [-0.4, -0.2) is 122 Å². The summed E-state index contributed by atoms with van der Waals surface area (Å²) in [5.41, 5.74) is 3.05. The first kappa shape index (κ1) is 45.8. The summed E-state index contributed by atoms with van der Waals surface area (Å²) in [5, 5.41) is 24.0. The van der Waals surface area contributed by atoms with E-state index >= 15 is 0 Å². The summed E-state index contributed by atoms with van der Waals surface area (Å²) >= 11 is 12.8. The molecule has 0 bridgehead atoms. The Morgan fingerprint density at radius 2 is 1.30 bits per heavy atom. The highest BCUT2D eigenvalue weighted by Gasteiger charge is 2.21. The number of rotatable bonds is 20. The molecule has 0 saturated heterocycles. The van der Waals surface area contributed by atoms with Gasteiger partial charge in [-0.1, -0.05) is 23.2 Å². The number of aliphatic imine (C=N–C) groups is 1. The van der Waals surface area contributed by atoms with Gasteiger partial charge in [0.2, 0.25) is 20.0 Å². The highest BCUT2D eigenvalue weighted by Crippen LogP contribution is 2.35. The van der Waals surface area contributed by atoms with Crippen molar-refractivity contribution in [3.63, 3.8) is 0 Å². The minimum absolute atomic E-state index is 0.00300. The van der Waals surface area contributed by atoms with Gasteiger partial charge in [-0.15, -0.1) is 0 Å². The Bertz CT molecular complexity index is 2150. The lowest BCUT2D eigenvalue weighted by Crippen LogP contribution is -2.42. The van der Waals surface area contributed by atoms with Crippen molar-refractivity contribution in [3.05, 3.63) is 70.7 Å². The standard InChI is InChI=1S/C34H44Cl2N10O8S2/c1-22(47)21-46(43-25-9-13-27(14-10-25)56(53,54)38-16-18-45(5)6)34(50)40-31-20-28(35)30(19-29(31)36)39-33(49)32(23(2)48)42-41-24-7-11-26(12-8-24)55(51,52)37-15-17-44(3)4/h7-14,19-20,32,37-38,43H,15-18,21H2,1-6H3,(H,39,49)(H,40,50)/p-1. The molecule has 3 rings (SSSR count). The fourth-order valence-electron chi connectivity index (χ4n) is 4.42. The summed E-state index contributed by atoms with van der Waals surface area (Å²) in [6, 6.07) is 10.7. The lowest BCUT2D eigenvalue weighted by Gasteiger charge is -2.24. The van der Waals surface area contributed by atoms with E-state index in [1.54, 1.807) is 0 Å². The van der Waals surface area contributed by atoms with E-state index in [9.17, 15) is 36.3 Å². The average Bonchev–Trinajstić information content (AvgIpc) is 3.09. The molecule has 0 saturated carbocycles. The molecule has 2 amide bonds. The molecule has 3 aromatic rings. The van der Waals surface area contributed by atoms with Crippen molar-refractivity contribution in [2.75, 3.05) is 71.7 Å². The number of halogens is 2. The van der Waals surface area contributed by atoms with Gasteiger partial charge in [0.15, 0.2) is 17.6 Å². The number of hydrazine groups is 1. The first-order chi connectivity index (χ1) is 26.2. The summed E-state index contributed by atoms with van der Waals surface area (Å²) in [6.07, 6.45) is 0. The Hall–Kier alpha value is -4.54. The third-order valence-electron chi connectivity index (χ3n) is 7.32. The van der Waals surface area contributed by atoms with Gasteiger partial charge in [-0.3, -0.25) is 20.0 Å². The molecule has 0 aromatic heterocycles. The maximum Gasteiger partial charge on any atom is 0.340 e. The maximum absolute atomic E-state index is 13.3. The van der Waals surface area contributed by atoms with Gasteiger partial charge < -0.3 is 20.2 Å². The zero-order valence-electron chi connectivity index (χ0n) is 31.4. The molecule has 0 spiro atoms. The van der Waals surface area contributed by atoms with Crippen LogP contribution in [0.1, 0.15) is 13.8 Å². The van der Waals surface area contributed by atoms with E-state index in [0.29, 0.717) is 13.1 Å². The molecule has 1 atom stereocenters. The topological polar surface area (TPSA) is 237 Å². The molecule has 22 heteroatoms. The number of carbonyl (C=O) groups is 3. The number of azo groups is 1. The minimum Gasteiger partial charge on any atom is -0.860 e. The Balaban J connectivity index is 1.74. The van der Waals surface area contributed by atoms with Gasteiger partial charge >= 0.3 is 6.03 Å². The van der Waals surface area contributed by atoms with Crippen molar-refractivity contribution < 1.29 is 36.3 Å². The number of amides is 2. The van der Waals surface area contributed by atoms with Crippen LogP contribution in [-0.2, 0) is 29.6 Å². The van der Waals surface area contributed by atoms with Crippen molar-refractivity contribution in [1.29, 1.82) is 0 Å². The first-order valence-corrected chi connectivity index (χ1v) is 20.4. The Labute approximate surface area is 336 Å². The van der Waals surface area contributed by atoms with Crippen molar-refractivity contribution in [3.8, 4) is 0 Å². The number of likely N-dealkylation sites (N-methyl/N-ethyl adjacent to an activating group) is 2. The largest absolute Gasteiger partial charge is 0.860 e. The summed E-state index contributed by atoms with van der Waals surface area (Å²) in [5.74, 6) is -2.11. The molecular formula is C34H43Cl2N10O8S2-. The van der Waals surface area contributed by atoms with Gasteiger partial charge in [0.05, 0.1) is 42.6 Å². The van der Waals surface area contributed by atoms with Crippen molar-refractivity contribution in [1.82, 2.24) is 24.3 Å². The third kappa shape index (κ3) is 14.2. The first-order valence-electron chi connectivity index (χ1n) is 16.7. The van der Waals surface area contributed by atoms with E-state index in [4.69, 9.17) is 23.2 Å². The van der Waals surface area contributed by atoms with Gasteiger partial charge in [-0.2, -0.15) is 10.2 Å². The second kappa shape index (κ2) is 20.6. The lowest BCUT2D eigenvalue weighted by molar-refractivity contribution is -0.219. The minimum atomic E-state index is -3.78. The lowest BCUT2D eigenvalue weighted by atomic mass is 10.2. The smallest absolute Gasteiger partial charge is 0.340 e. The molecule has 3 aromatic carbocycles. The van der Waals surface area contributed by atoms with E-state index in [-0.39, 0.29) is 61.5 Å². The molecule has 0 aliphatic carbocycles. The molecule has 18 nitrogen and oxygen atoms in total. The highest BCUT2D eigenvalue weighted by atomic mass is 35.5. The second-order valence-corrected chi connectivity index (χ2v) is 17.1. The fourth-order valence-corrected chi connectivity index (χ4v) is 6.88. The van der Waals surface area contributed by atoms with Crippen LogP contribution < -0.4 is 25.3 Å². The van der Waals surface area contributed by atoms with Gasteiger partial charge in [-0.05, 0) is 109 Å². The van der Waals surface area contributed by atoms with Crippen molar-refractivity contribution >= 4 is 89.5 Å². The normalized spacial score (nSPS) is 12.9. The van der Waals surface area contributed by atoms with Gasteiger partial charge in [0.1, 0.15) is 6.54 Å². The molecule has 0 fully saturated rings. The zero-order valence-corrected chi connectivity index (χ0v) is 34.6. The number of Topliss-reactive ketones (excluding diaryl/α,β-unsaturated/α-hetero) is 2. The number of nitrogens with zero attached hydrogens (tertiary/aromatic N) is 6. The summed E-state index contributed by atoms with van der Waals surface area (Å²) < 4.78 is 55.2. The highest BCUT2D eigenvalue weighted by molar-refractivity contribution is 7.89. The predicted molar refractivity (Wildman–Crippen MR) is 213 cm³/mol. The summed E-state index contributed by atoms with van der Waals surface area (Å²) in [6.45, 7) is 3.38. The maximum atomic E-state index is 13.3. The molecule has 0 heterocycles. The number of benzene rings is 3. The number of urea groups is 1. The van der Waals surface area contributed by atoms with E-state index in [0.717, 1.165) is 11.9 Å². The van der Waals surface area contributed by atoms with Crippen LogP contribution in [0.3, 0.4) is 0 Å². The van der Waals surface area contributed by atoms with Gasteiger partial charge in [0, 0.05) is 26.2 Å². The molecule has 304 valence electrons. The molecular weight excluding hydrogens is 811 g/mol. The van der Waals surface area contributed by atoms with E-state index < -0.39 is 50.3 Å². The van der Waals surface area contributed by atoms with Crippen LogP contribution >= 0.6 is 23.2 Å². The SMILES string of the molecule is CC(=O)CN(Nc1ccc(S(=O)(=O)NCCN(C)C)cc1)C(=O)Nc1cc(Cl)c(N=C([O-])C(N=Nc2ccc(S(=O)(=O)NCCN(C)C)cc2)C(C)=O)cc1Cl. The fraction of sp³-hybridized carbons (Fsp3) is 0.353. The van der Waals surface area contributed by atoms with Crippen molar-refractivity contribution in [2.45, 2.75) is 29.7 Å². The monoisotopic (exact) mass is 853 g/mol. The van der Waals surface area contributed by atoms with Crippen molar-refractivity contribution in [2.24, 2.45) is 15.2 Å². The molecule has 0 aliphatic heterocycles. The number of hydrogen-bond donors (Lipinski definition) is 4. The summed E-state index contributed by atoms with van der Waals surface area (Å²) in [4.78, 5) is 45.2. The zero-order chi connectivity index (χ0) is 41.8.